The zero-order chi connectivity index (χ0) is 26.9. The van der Waals surface area contributed by atoms with Crippen molar-refractivity contribution in [2.24, 2.45) is 0 Å². The van der Waals surface area contributed by atoms with Crippen LogP contribution in [0, 0.1) is 0 Å². The third-order valence-corrected chi connectivity index (χ3v) is 9.98. The molecule has 1 saturated carbocycles. The lowest BCUT2D eigenvalue weighted by atomic mass is 9.77. The van der Waals surface area contributed by atoms with Gasteiger partial charge in [0.1, 0.15) is 26.4 Å². The minimum absolute atomic E-state index is 0.0120. The van der Waals surface area contributed by atoms with Gasteiger partial charge in [-0.05, 0) is 55.7 Å². The van der Waals surface area contributed by atoms with Crippen molar-refractivity contribution in [2.45, 2.75) is 65.0 Å². The van der Waals surface area contributed by atoms with Gasteiger partial charge in [0.05, 0.1) is 24.3 Å². The second-order valence-corrected chi connectivity index (χ2v) is 13.9. The van der Waals surface area contributed by atoms with Crippen molar-refractivity contribution in [3.63, 3.8) is 0 Å². The summed E-state index contributed by atoms with van der Waals surface area (Å²) in [4.78, 5) is 8.33. The molecule has 3 heterocycles. The first-order valence-electron chi connectivity index (χ1n) is 11.7. The lowest BCUT2D eigenvalue weighted by Gasteiger charge is -2.42. The second-order valence-electron chi connectivity index (χ2n) is 9.95. The summed E-state index contributed by atoms with van der Waals surface area (Å²) in [5, 5.41) is 9.37. The van der Waals surface area contributed by atoms with Crippen LogP contribution in [0.1, 0.15) is 49.3 Å². The molecule has 0 bridgehead atoms. The summed E-state index contributed by atoms with van der Waals surface area (Å²) in [5.74, 6) is -0.0311. The molecule has 0 radical (unpaired) electrons. The van der Waals surface area contributed by atoms with Crippen LogP contribution in [-0.4, -0.2) is 49.8 Å². The summed E-state index contributed by atoms with van der Waals surface area (Å²) < 4.78 is 106. The molecule has 15 heteroatoms. The monoisotopic (exact) mass is 574 g/mol. The van der Waals surface area contributed by atoms with Crippen LogP contribution >= 0.6 is 10.2 Å². The molecule has 2 aromatic rings. The molecule has 0 unspecified atom stereocenters. The molecule has 1 aliphatic carbocycles. The Balaban J connectivity index is 1.36. The maximum atomic E-state index is 14.3. The molecule has 1 aromatic carbocycles. The Morgan fingerprint density at radius 3 is 2.19 bits per heavy atom. The van der Waals surface area contributed by atoms with E-state index in [0.717, 1.165) is 18.6 Å². The van der Waals surface area contributed by atoms with E-state index in [0.29, 0.717) is 56.5 Å². The summed E-state index contributed by atoms with van der Waals surface area (Å²) in [6, 6.07) is 2.93. The number of alkyl halides is 2. The van der Waals surface area contributed by atoms with Gasteiger partial charge in [-0.25, -0.2) is 9.19 Å². The number of aliphatic hydroxyl groups excluding tert-OH is 1. The van der Waals surface area contributed by atoms with Crippen molar-refractivity contribution in [1.29, 1.82) is 0 Å². The fraction of sp³-hybridized carbons (Fsp3) is 0.545. The highest BCUT2D eigenvalue weighted by Crippen LogP contribution is 3.02. The summed E-state index contributed by atoms with van der Waals surface area (Å²) >= 11 is 0. The Morgan fingerprint density at radius 2 is 1.68 bits per heavy atom. The third-order valence-electron chi connectivity index (χ3n) is 7.33. The standard InChI is InChI=1S/C22H25F7N4O2S2/c23-22(24)12-17-18(36(22)35)19(32-21(13-34)8-1-9-21)31-20(30-17)33-10-6-15(7-11-33)14-2-4-16(5-3-14)37(25,26,27,28)29/h2-5,15,34H,1,6-13H2,(H,30,31,32)/t36-/m1/s1. The Hall–Kier alpha value is -2.13. The predicted octanol–water partition coefficient (Wildman–Crippen LogP) is 6.10. The van der Waals surface area contributed by atoms with Crippen LogP contribution in [0.3, 0.4) is 0 Å². The number of aliphatic hydroxyl groups is 1. The lowest BCUT2D eigenvalue weighted by molar-refractivity contribution is 0.104. The van der Waals surface area contributed by atoms with Crippen LogP contribution in [0.2, 0.25) is 0 Å². The number of nitrogens with one attached hydrogen (secondary N) is 1. The molecule has 3 aliphatic rings. The summed E-state index contributed by atoms with van der Waals surface area (Å²) in [6.45, 7) is 0.448. The number of hydrogen-bond acceptors (Lipinski definition) is 6. The van der Waals surface area contributed by atoms with Crippen molar-refractivity contribution >= 4 is 32.8 Å². The number of benzene rings is 1. The Bertz CT molecular complexity index is 1240. The maximum Gasteiger partial charge on any atom is 0.331 e. The van der Waals surface area contributed by atoms with Gasteiger partial charge in [0.15, 0.2) is 0 Å². The van der Waals surface area contributed by atoms with Crippen LogP contribution in [0.15, 0.2) is 34.1 Å². The van der Waals surface area contributed by atoms with Crippen molar-refractivity contribution < 1.29 is 37.5 Å². The number of hydrogen-bond donors (Lipinski definition) is 2. The van der Waals surface area contributed by atoms with E-state index in [1.165, 1.54) is 0 Å². The molecule has 206 valence electrons. The van der Waals surface area contributed by atoms with E-state index in [1.807, 2.05) is 0 Å². The van der Waals surface area contributed by atoms with Crippen LogP contribution in [0.4, 0.5) is 40.0 Å². The fourth-order valence-corrected chi connectivity index (χ4v) is 6.84. The normalized spacial score (nSPS) is 25.1. The molecule has 1 saturated heterocycles. The van der Waals surface area contributed by atoms with E-state index in [-0.39, 0.29) is 34.9 Å². The molecule has 0 amide bonds. The maximum absolute atomic E-state index is 14.3. The zero-order valence-corrected chi connectivity index (χ0v) is 21.0. The topological polar surface area (TPSA) is 78.4 Å². The number of piperidine rings is 1. The van der Waals surface area contributed by atoms with Gasteiger partial charge in [0, 0.05) is 13.1 Å². The number of nitrogens with zero attached hydrogens (tertiary/aromatic N) is 3. The number of fused-ring (bicyclic) bond motifs is 1. The van der Waals surface area contributed by atoms with Crippen LogP contribution in [-0.2, 0) is 17.2 Å². The quantitative estimate of drug-likeness (QED) is 0.406. The van der Waals surface area contributed by atoms with E-state index < -0.39 is 43.1 Å². The highest BCUT2D eigenvalue weighted by atomic mass is 32.5. The van der Waals surface area contributed by atoms with Gasteiger partial charge < -0.3 is 15.3 Å². The minimum atomic E-state index is -9.74. The molecule has 1 atom stereocenters. The highest BCUT2D eigenvalue weighted by molar-refractivity contribution is 8.45. The molecule has 5 rings (SSSR count). The van der Waals surface area contributed by atoms with Crippen molar-refractivity contribution in [2.75, 3.05) is 29.9 Å². The molecular formula is C22H25F7N4O2S2. The third kappa shape index (κ3) is 5.01. The number of rotatable bonds is 6. The van der Waals surface area contributed by atoms with E-state index in [4.69, 9.17) is 0 Å². The zero-order valence-electron chi connectivity index (χ0n) is 19.4. The average Bonchev–Trinajstić information content (AvgIpc) is 3.03. The van der Waals surface area contributed by atoms with E-state index in [9.17, 15) is 37.5 Å². The number of halogens is 7. The molecule has 2 aliphatic heterocycles. The van der Waals surface area contributed by atoms with Crippen LogP contribution in [0.5, 0.6) is 0 Å². The number of anilines is 2. The first-order valence-corrected chi connectivity index (χ1v) is 14.8. The van der Waals surface area contributed by atoms with E-state index in [1.54, 1.807) is 4.90 Å². The highest BCUT2D eigenvalue weighted by Gasteiger charge is 2.65. The van der Waals surface area contributed by atoms with Crippen molar-refractivity contribution in [1.82, 2.24) is 9.97 Å². The first kappa shape index (κ1) is 26.5. The average molecular weight is 575 g/mol. The molecule has 2 fully saturated rings. The van der Waals surface area contributed by atoms with Crippen LogP contribution < -0.4 is 10.2 Å². The van der Waals surface area contributed by atoms with Gasteiger partial charge in [-0.1, -0.05) is 31.6 Å². The largest absolute Gasteiger partial charge is 0.394 e. The van der Waals surface area contributed by atoms with E-state index in [2.05, 4.69) is 15.3 Å². The summed E-state index contributed by atoms with van der Waals surface area (Å²) in [6.07, 6.45) is 2.13. The molecule has 37 heavy (non-hydrogen) atoms. The van der Waals surface area contributed by atoms with Gasteiger partial charge in [-0.15, -0.1) is 0 Å². The molecule has 1 aromatic heterocycles. The van der Waals surface area contributed by atoms with Gasteiger partial charge in [0.2, 0.25) is 5.95 Å². The molecule has 2 N–H and O–H groups in total. The Labute approximate surface area is 210 Å². The van der Waals surface area contributed by atoms with Crippen molar-refractivity contribution in [3.8, 4) is 0 Å². The van der Waals surface area contributed by atoms with Crippen molar-refractivity contribution in [3.05, 3.63) is 35.5 Å². The minimum Gasteiger partial charge on any atom is -0.394 e. The van der Waals surface area contributed by atoms with E-state index >= 15 is 0 Å². The fourth-order valence-electron chi connectivity index (χ4n) is 5.02. The Kier molecular flexibility index (Phi) is 5.68. The van der Waals surface area contributed by atoms with Gasteiger partial charge >= 0.3 is 15.5 Å². The molecular weight excluding hydrogens is 549 g/mol. The predicted molar refractivity (Wildman–Crippen MR) is 126 cm³/mol. The van der Waals surface area contributed by atoms with Gasteiger partial charge in [-0.2, -0.15) is 13.8 Å². The number of aromatic nitrogens is 2. The summed E-state index contributed by atoms with van der Waals surface area (Å²) in [5.41, 5.74) is -0.264. The second kappa shape index (κ2) is 7.94. The Morgan fingerprint density at radius 1 is 1.05 bits per heavy atom. The first-order chi connectivity index (χ1) is 17.0. The smallest absolute Gasteiger partial charge is 0.331 e. The van der Waals surface area contributed by atoms with Gasteiger partial charge in [0.25, 0.3) is 0 Å². The van der Waals surface area contributed by atoms with Crippen LogP contribution in [0.25, 0.3) is 0 Å². The molecule has 6 nitrogen and oxygen atoms in total. The summed E-state index contributed by atoms with van der Waals surface area (Å²) in [7, 11) is -12.4. The lowest BCUT2D eigenvalue weighted by Crippen LogP contribution is -2.49. The SMILES string of the molecule is O=[S@@]1c2c(nc(N3CCC(c4ccc(S(F)(F)(F)(F)F)cc4)CC3)nc2NC2(CO)CCC2)CC1(F)F. The molecule has 0 spiro atoms. The van der Waals surface area contributed by atoms with Gasteiger partial charge in [-0.3, -0.25) is 0 Å².